The molecular weight excluding hydrogens is 318 g/mol. The van der Waals surface area contributed by atoms with Crippen LogP contribution in [0.2, 0.25) is 0 Å². The second-order valence-corrected chi connectivity index (χ2v) is 5.72. The summed E-state index contributed by atoms with van der Waals surface area (Å²) in [7, 11) is 0. The summed E-state index contributed by atoms with van der Waals surface area (Å²) in [5, 5.41) is 12.5. The minimum atomic E-state index is -0.0690. The second kappa shape index (κ2) is 6.09. The maximum atomic E-state index is 12.0. The number of aryl methyl sites for hydroxylation is 2. The number of anilines is 1. The monoisotopic (exact) mass is 333 g/mol. The fourth-order valence-electron chi connectivity index (χ4n) is 1.92. The molecule has 3 nitrogen and oxygen atoms in total. The van der Waals surface area contributed by atoms with Gasteiger partial charge in [0.15, 0.2) is 0 Å². The third-order valence-electron chi connectivity index (χ3n) is 3.09. The van der Waals surface area contributed by atoms with E-state index >= 15 is 0 Å². The molecular formula is C16H16BrNO2. The number of phenols is 1. The lowest BCUT2D eigenvalue weighted by molar-refractivity contribution is -0.115. The Bertz CT molecular complexity index is 636. The largest absolute Gasteiger partial charge is 0.508 e. The van der Waals surface area contributed by atoms with E-state index in [-0.39, 0.29) is 11.7 Å². The van der Waals surface area contributed by atoms with Crippen LogP contribution in [-0.4, -0.2) is 11.0 Å². The van der Waals surface area contributed by atoms with Crippen LogP contribution >= 0.6 is 15.9 Å². The van der Waals surface area contributed by atoms with Gasteiger partial charge in [-0.25, -0.2) is 0 Å². The normalized spacial score (nSPS) is 10.3. The Morgan fingerprint density at radius 2 is 1.80 bits per heavy atom. The first-order chi connectivity index (χ1) is 9.45. The van der Waals surface area contributed by atoms with Crippen LogP contribution in [0, 0.1) is 13.8 Å². The minimum absolute atomic E-state index is 0.0690. The van der Waals surface area contributed by atoms with Crippen molar-refractivity contribution in [3.63, 3.8) is 0 Å². The zero-order valence-corrected chi connectivity index (χ0v) is 13.0. The van der Waals surface area contributed by atoms with Gasteiger partial charge in [0.2, 0.25) is 5.91 Å². The predicted octanol–water partition coefficient (Wildman–Crippen LogP) is 3.95. The number of rotatable bonds is 3. The number of aromatic hydroxyl groups is 1. The maximum absolute atomic E-state index is 12.0. The molecule has 104 valence electrons. The SMILES string of the molecule is Cc1cc(NC(=O)Cc2ccc(Br)cc2)c(C)cc1O. The van der Waals surface area contributed by atoms with Crippen molar-refractivity contribution in [3.05, 3.63) is 57.6 Å². The fraction of sp³-hybridized carbons (Fsp3) is 0.188. The Balaban J connectivity index is 2.08. The third-order valence-corrected chi connectivity index (χ3v) is 3.62. The van der Waals surface area contributed by atoms with Gasteiger partial charge in [0.25, 0.3) is 0 Å². The average molecular weight is 334 g/mol. The lowest BCUT2D eigenvalue weighted by Crippen LogP contribution is -2.15. The minimum Gasteiger partial charge on any atom is -0.508 e. The Hall–Kier alpha value is -1.81. The van der Waals surface area contributed by atoms with Crippen molar-refractivity contribution in [2.45, 2.75) is 20.3 Å². The van der Waals surface area contributed by atoms with Gasteiger partial charge in [-0.1, -0.05) is 28.1 Å². The molecule has 0 unspecified atom stereocenters. The Kier molecular flexibility index (Phi) is 4.45. The van der Waals surface area contributed by atoms with Crippen molar-refractivity contribution in [2.24, 2.45) is 0 Å². The number of nitrogens with one attached hydrogen (secondary N) is 1. The number of amides is 1. The Labute approximate surface area is 126 Å². The zero-order valence-electron chi connectivity index (χ0n) is 11.4. The molecule has 0 aliphatic heterocycles. The van der Waals surface area contributed by atoms with E-state index in [0.29, 0.717) is 6.42 Å². The van der Waals surface area contributed by atoms with Gasteiger partial charge in [-0.05, 0) is 54.8 Å². The number of hydrogen-bond donors (Lipinski definition) is 2. The molecule has 0 aliphatic carbocycles. The van der Waals surface area contributed by atoms with E-state index < -0.39 is 0 Å². The summed E-state index contributed by atoms with van der Waals surface area (Å²) in [6.07, 6.45) is 0.326. The highest BCUT2D eigenvalue weighted by Gasteiger charge is 2.08. The van der Waals surface area contributed by atoms with Gasteiger partial charge in [0.05, 0.1) is 6.42 Å². The molecule has 0 saturated heterocycles. The standard InChI is InChI=1S/C16H16BrNO2/c1-10-8-15(19)11(2)7-14(10)18-16(20)9-12-3-5-13(17)6-4-12/h3-8,19H,9H2,1-2H3,(H,18,20). The molecule has 0 aromatic heterocycles. The Morgan fingerprint density at radius 1 is 1.15 bits per heavy atom. The summed E-state index contributed by atoms with van der Waals surface area (Å²) in [5.74, 6) is 0.175. The van der Waals surface area contributed by atoms with E-state index in [2.05, 4.69) is 21.2 Å². The van der Waals surface area contributed by atoms with Crippen molar-refractivity contribution in [3.8, 4) is 5.75 Å². The van der Waals surface area contributed by atoms with Crippen LogP contribution in [0.15, 0.2) is 40.9 Å². The van der Waals surface area contributed by atoms with Crippen LogP contribution in [-0.2, 0) is 11.2 Å². The Morgan fingerprint density at radius 3 is 2.45 bits per heavy atom. The van der Waals surface area contributed by atoms with Crippen LogP contribution in [0.5, 0.6) is 5.75 Å². The van der Waals surface area contributed by atoms with Gasteiger partial charge in [0, 0.05) is 10.2 Å². The average Bonchev–Trinajstić information content (AvgIpc) is 2.39. The molecule has 0 spiro atoms. The number of carbonyl (C=O) groups excluding carboxylic acids is 1. The quantitative estimate of drug-likeness (QED) is 0.835. The van der Waals surface area contributed by atoms with Gasteiger partial charge in [0.1, 0.15) is 5.75 Å². The van der Waals surface area contributed by atoms with Gasteiger partial charge >= 0.3 is 0 Å². The van der Waals surface area contributed by atoms with Crippen LogP contribution in [0.3, 0.4) is 0 Å². The van der Waals surface area contributed by atoms with Crippen molar-refractivity contribution in [2.75, 3.05) is 5.32 Å². The molecule has 2 N–H and O–H groups in total. The van der Waals surface area contributed by atoms with Crippen molar-refractivity contribution >= 4 is 27.5 Å². The molecule has 0 radical (unpaired) electrons. The van der Waals surface area contributed by atoms with E-state index in [4.69, 9.17) is 0 Å². The molecule has 0 aliphatic rings. The summed E-state index contributed by atoms with van der Waals surface area (Å²) in [6.45, 7) is 3.66. The number of hydrogen-bond acceptors (Lipinski definition) is 2. The number of phenolic OH excluding ortho intramolecular Hbond substituents is 1. The van der Waals surface area contributed by atoms with Gasteiger partial charge in [-0.3, -0.25) is 4.79 Å². The highest BCUT2D eigenvalue weighted by molar-refractivity contribution is 9.10. The van der Waals surface area contributed by atoms with Gasteiger partial charge < -0.3 is 10.4 Å². The van der Waals surface area contributed by atoms with Crippen molar-refractivity contribution in [1.29, 1.82) is 0 Å². The molecule has 0 heterocycles. The summed E-state index contributed by atoms with van der Waals surface area (Å²) in [4.78, 5) is 12.0. The summed E-state index contributed by atoms with van der Waals surface area (Å²) in [5.41, 5.74) is 3.29. The second-order valence-electron chi connectivity index (χ2n) is 4.81. The first-order valence-corrected chi connectivity index (χ1v) is 7.09. The number of halogens is 1. The summed E-state index contributed by atoms with van der Waals surface area (Å²) < 4.78 is 0.992. The van der Waals surface area contributed by atoms with Crippen LogP contribution in [0.4, 0.5) is 5.69 Å². The number of carbonyl (C=O) groups is 1. The molecule has 0 atom stereocenters. The molecule has 20 heavy (non-hydrogen) atoms. The lowest BCUT2D eigenvalue weighted by Gasteiger charge is -2.10. The summed E-state index contributed by atoms with van der Waals surface area (Å²) in [6, 6.07) is 11.1. The van der Waals surface area contributed by atoms with Crippen LogP contribution < -0.4 is 5.32 Å². The number of benzene rings is 2. The van der Waals surface area contributed by atoms with Crippen LogP contribution in [0.1, 0.15) is 16.7 Å². The van der Waals surface area contributed by atoms with Gasteiger partial charge in [-0.2, -0.15) is 0 Å². The van der Waals surface area contributed by atoms with E-state index in [0.717, 1.165) is 26.9 Å². The molecule has 2 aromatic carbocycles. The molecule has 4 heteroatoms. The van der Waals surface area contributed by atoms with E-state index in [1.807, 2.05) is 31.2 Å². The third kappa shape index (κ3) is 3.61. The highest BCUT2D eigenvalue weighted by Crippen LogP contribution is 2.25. The molecule has 1 amide bonds. The zero-order chi connectivity index (χ0) is 14.7. The molecule has 0 bridgehead atoms. The summed E-state index contributed by atoms with van der Waals surface area (Å²) >= 11 is 3.37. The predicted molar refractivity (Wildman–Crippen MR) is 84.1 cm³/mol. The molecule has 0 fully saturated rings. The van der Waals surface area contributed by atoms with Gasteiger partial charge in [-0.15, -0.1) is 0 Å². The topological polar surface area (TPSA) is 49.3 Å². The fourth-order valence-corrected chi connectivity index (χ4v) is 2.18. The molecule has 2 rings (SSSR count). The molecule has 0 saturated carbocycles. The lowest BCUT2D eigenvalue weighted by atomic mass is 10.1. The van der Waals surface area contributed by atoms with E-state index in [9.17, 15) is 9.90 Å². The van der Waals surface area contributed by atoms with E-state index in [1.54, 1.807) is 19.1 Å². The van der Waals surface area contributed by atoms with E-state index in [1.165, 1.54) is 0 Å². The van der Waals surface area contributed by atoms with Crippen LogP contribution in [0.25, 0.3) is 0 Å². The maximum Gasteiger partial charge on any atom is 0.228 e. The first kappa shape index (κ1) is 14.6. The van der Waals surface area contributed by atoms with Crippen molar-refractivity contribution in [1.82, 2.24) is 0 Å². The molecule has 2 aromatic rings. The first-order valence-electron chi connectivity index (χ1n) is 6.30. The smallest absolute Gasteiger partial charge is 0.228 e. The van der Waals surface area contributed by atoms with Crippen molar-refractivity contribution < 1.29 is 9.90 Å². The highest BCUT2D eigenvalue weighted by atomic mass is 79.9.